The zero-order chi connectivity index (χ0) is 23.9. The zero-order valence-corrected chi connectivity index (χ0v) is 19.7. The largest absolute Gasteiger partial charge is 0.494 e. The highest BCUT2D eigenvalue weighted by atomic mass is 35.5. The van der Waals surface area contributed by atoms with Gasteiger partial charge in [-0.15, -0.1) is 0 Å². The summed E-state index contributed by atoms with van der Waals surface area (Å²) >= 11 is 6.11. The maximum atomic E-state index is 13.6. The van der Waals surface area contributed by atoms with Gasteiger partial charge in [-0.2, -0.15) is 5.10 Å². The minimum absolute atomic E-state index is 0.107. The highest BCUT2D eigenvalue weighted by molar-refractivity contribution is 6.30. The van der Waals surface area contributed by atoms with E-state index in [-0.39, 0.29) is 18.7 Å². The number of carbonyl (C=O) groups excluding carboxylic acids is 1. The molecule has 1 aromatic heterocycles. The molecule has 2 aliphatic heterocycles. The lowest BCUT2D eigenvalue weighted by molar-refractivity contribution is 0.0730. The molecule has 8 heteroatoms. The summed E-state index contributed by atoms with van der Waals surface area (Å²) in [5.74, 6) is 2.08. The lowest BCUT2D eigenvalue weighted by Crippen LogP contribution is -2.29. The molecule has 6 rings (SSSR count). The molecule has 0 radical (unpaired) electrons. The van der Waals surface area contributed by atoms with Crippen molar-refractivity contribution in [3.8, 4) is 28.5 Å². The molecule has 0 fully saturated rings. The van der Waals surface area contributed by atoms with Crippen LogP contribution in [-0.4, -0.2) is 34.4 Å². The molecule has 1 N–H and O–H groups in total. The minimum Gasteiger partial charge on any atom is -0.494 e. The molecule has 2 aliphatic rings. The first-order valence-electron chi connectivity index (χ1n) is 11.4. The second-order valence-electron chi connectivity index (χ2n) is 8.39. The van der Waals surface area contributed by atoms with E-state index in [4.69, 9.17) is 25.8 Å². The van der Waals surface area contributed by atoms with Gasteiger partial charge in [0.2, 0.25) is 6.79 Å². The fourth-order valence-corrected chi connectivity index (χ4v) is 4.81. The standard InChI is InChI=1S/C27H22ClN3O4/c1-2-33-20-10-6-18(7-11-20)26-23-24(17-4-8-19(28)9-5-17)29-30-25(23)27(32)31(26)14-16-3-12-21-22(13-16)35-15-34-21/h3-13,26H,2,14-15H2,1H3,(H,29,30). The van der Waals surface area contributed by atoms with Crippen molar-refractivity contribution in [3.05, 3.63) is 94.1 Å². The van der Waals surface area contributed by atoms with Gasteiger partial charge in [0, 0.05) is 22.7 Å². The predicted octanol–water partition coefficient (Wildman–Crippen LogP) is 5.60. The third-order valence-electron chi connectivity index (χ3n) is 6.28. The number of hydrogen-bond acceptors (Lipinski definition) is 5. The number of amides is 1. The normalized spacial score (nSPS) is 16.0. The van der Waals surface area contributed by atoms with Gasteiger partial charge >= 0.3 is 0 Å². The van der Waals surface area contributed by atoms with Crippen LogP contribution in [0.25, 0.3) is 11.3 Å². The fraction of sp³-hybridized carbons (Fsp3) is 0.185. The minimum atomic E-state index is -0.331. The van der Waals surface area contributed by atoms with Gasteiger partial charge < -0.3 is 19.1 Å². The molecule has 0 saturated carbocycles. The van der Waals surface area contributed by atoms with Crippen molar-refractivity contribution in [3.63, 3.8) is 0 Å². The molecule has 3 aromatic carbocycles. The van der Waals surface area contributed by atoms with Gasteiger partial charge in [-0.1, -0.05) is 41.9 Å². The van der Waals surface area contributed by atoms with E-state index in [2.05, 4.69) is 10.2 Å². The van der Waals surface area contributed by atoms with E-state index in [1.165, 1.54) is 0 Å². The molecule has 35 heavy (non-hydrogen) atoms. The topological polar surface area (TPSA) is 76.7 Å². The highest BCUT2D eigenvalue weighted by Crippen LogP contribution is 2.44. The molecule has 176 valence electrons. The molecule has 7 nitrogen and oxygen atoms in total. The Hall–Kier alpha value is -3.97. The van der Waals surface area contributed by atoms with E-state index in [0.29, 0.717) is 35.4 Å². The van der Waals surface area contributed by atoms with Crippen LogP contribution in [0.2, 0.25) is 5.02 Å². The summed E-state index contributed by atoms with van der Waals surface area (Å²) in [7, 11) is 0. The van der Waals surface area contributed by atoms with Crippen LogP contribution in [0.5, 0.6) is 17.2 Å². The molecule has 3 heterocycles. The van der Waals surface area contributed by atoms with Gasteiger partial charge in [0.25, 0.3) is 5.91 Å². The van der Waals surface area contributed by atoms with Gasteiger partial charge in [0.15, 0.2) is 11.5 Å². The zero-order valence-electron chi connectivity index (χ0n) is 19.0. The maximum absolute atomic E-state index is 13.6. The summed E-state index contributed by atoms with van der Waals surface area (Å²) in [6.07, 6.45) is 0. The van der Waals surface area contributed by atoms with Crippen LogP contribution in [0.1, 0.15) is 40.1 Å². The molecule has 0 bridgehead atoms. The molecular weight excluding hydrogens is 466 g/mol. The van der Waals surface area contributed by atoms with E-state index in [1.807, 2.05) is 78.6 Å². The summed E-state index contributed by atoms with van der Waals surface area (Å²) in [6, 6.07) is 20.8. The lowest BCUT2D eigenvalue weighted by atomic mass is 9.96. The Morgan fingerprint density at radius 1 is 1.06 bits per heavy atom. The second kappa shape index (κ2) is 8.67. The lowest BCUT2D eigenvalue weighted by Gasteiger charge is -2.27. The van der Waals surface area contributed by atoms with Crippen molar-refractivity contribution in [1.82, 2.24) is 15.1 Å². The predicted molar refractivity (Wildman–Crippen MR) is 131 cm³/mol. The average molecular weight is 488 g/mol. The first kappa shape index (κ1) is 21.6. The molecular formula is C27H22ClN3O4. The van der Waals surface area contributed by atoms with Gasteiger partial charge in [-0.05, 0) is 54.4 Å². The van der Waals surface area contributed by atoms with Crippen molar-refractivity contribution in [2.45, 2.75) is 19.5 Å². The summed E-state index contributed by atoms with van der Waals surface area (Å²) in [6.45, 7) is 3.14. The average Bonchev–Trinajstić information content (AvgIpc) is 3.57. The Labute approximate surface area is 207 Å². The third kappa shape index (κ3) is 3.78. The van der Waals surface area contributed by atoms with E-state index < -0.39 is 0 Å². The van der Waals surface area contributed by atoms with E-state index in [9.17, 15) is 4.79 Å². The molecule has 4 aromatic rings. The Kier molecular flexibility index (Phi) is 5.34. The van der Waals surface area contributed by atoms with Gasteiger partial charge in [0.1, 0.15) is 11.4 Å². The summed E-state index contributed by atoms with van der Waals surface area (Å²) in [5, 5.41) is 8.16. The van der Waals surface area contributed by atoms with Crippen molar-refractivity contribution in [2.24, 2.45) is 0 Å². The number of halogens is 1. The SMILES string of the molecule is CCOc1ccc(C2c3c(-c4ccc(Cl)cc4)n[nH]c3C(=O)N2Cc2ccc3c(c2)OCO3)cc1. The van der Waals surface area contributed by atoms with E-state index in [1.54, 1.807) is 0 Å². The number of ether oxygens (including phenoxy) is 3. The molecule has 1 atom stereocenters. The molecule has 0 saturated heterocycles. The third-order valence-corrected chi connectivity index (χ3v) is 6.53. The van der Waals surface area contributed by atoms with Crippen LogP contribution in [-0.2, 0) is 6.54 Å². The number of aromatic nitrogens is 2. The van der Waals surface area contributed by atoms with Crippen molar-refractivity contribution in [2.75, 3.05) is 13.4 Å². The number of aromatic amines is 1. The molecule has 1 unspecified atom stereocenters. The molecule has 0 aliphatic carbocycles. The van der Waals surface area contributed by atoms with Crippen molar-refractivity contribution >= 4 is 17.5 Å². The van der Waals surface area contributed by atoms with Gasteiger partial charge in [-0.25, -0.2) is 0 Å². The van der Waals surface area contributed by atoms with E-state index >= 15 is 0 Å². The number of fused-ring (bicyclic) bond motifs is 2. The van der Waals surface area contributed by atoms with E-state index in [0.717, 1.165) is 33.7 Å². The van der Waals surface area contributed by atoms with Crippen LogP contribution in [0.3, 0.4) is 0 Å². The number of nitrogens with zero attached hydrogens (tertiary/aromatic N) is 2. The van der Waals surface area contributed by atoms with Crippen molar-refractivity contribution < 1.29 is 19.0 Å². The van der Waals surface area contributed by atoms with Crippen LogP contribution in [0.4, 0.5) is 0 Å². The second-order valence-corrected chi connectivity index (χ2v) is 8.83. The van der Waals surface area contributed by atoms with Gasteiger partial charge in [-0.3, -0.25) is 9.89 Å². The number of hydrogen-bond donors (Lipinski definition) is 1. The summed E-state index contributed by atoms with van der Waals surface area (Å²) < 4.78 is 16.6. The number of carbonyl (C=O) groups is 1. The number of nitrogens with one attached hydrogen (secondary N) is 1. The summed E-state index contributed by atoms with van der Waals surface area (Å²) in [5.41, 5.74) is 4.89. The maximum Gasteiger partial charge on any atom is 0.273 e. The monoisotopic (exact) mass is 487 g/mol. The van der Waals surface area contributed by atoms with Crippen LogP contribution >= 0.6 is 11.6 Å². The van der Waals surface area contributed by atoms with Gasteiger partial charge in [0.05, 0.1) is 18.3 Å². The Morgan fingerprint density at radius 3 is 2.60 bits per heavy atom. The van der Waals surface area contributed by atoms with Crippen LogP contribution in [0, 0.1) is 0 Å². The Balaban J connectivity index is 1.43. The number of H-pyrrole nitrogens is 1. The first-order valence-corrected chi connectivity index (χ1v) is 11.8. The number of benzene rings is 3. The van der Waals surface area contributed by atoms with Crippen LogP contribution < -0.4 is 14.2 Å². The quantitative estimate of drug-likeness (QED) is 0.383. The van der Waals surface area contributed by atoms with Crippen LogP contribution in [0.15, 0.2) is 66.7 Å². The summed E-state index contributed by atoms with van der Waals surface area (Å²) in [4.78, 5) is 15.5. The highest BCUT2D eigenvalue weighted by Gasteiger charge is 2.42. The number of rotatable bonds is 6. The van der Waals surface area contributed by atoms with Crippen molar-refractivity contribution in [1.29, 1.82) is 0 Å². The molecule has 1 amide bonds. The molecule has 0 spiro atoms. The Morgan fingerprint density at radius 2 is 1.83 bits per heavy atom. The first-order chi connectivity index (χ1) is 17.1. The Bertz CT molecular complexity index is 1400. The smallest absolute Gasteiger partial charge is 0.273 e. The fourth-order valence-electron chi connectivity index (χ4n) is 4.68.